The Hall–Kier alpha value is -0.890. The largest absolute Gasteiger partial charge is 0.393 e. The molecule has 0 aromatic heterocycles. The first kappa shape index (κ1) is 25.2. The van der Waals surface area contributed by atoms with E-state index in [9.17, 15) is 9.90 Å². The first-order chi connectivity index (χ1) is 15.2. The van der Waals surface area contributed by atoms with Crippen LogP contribution in [-0.4, -0.2) is 17.0 Å². The molecule has 7 atom stereocenters. The summed E-state index contributed by atoms with van der Waals surface area (Å²) in [6, 6.07) is 0. The van der Waals surface area contributed by atoms with E-state index in [4.69, 9.17) is 0 Å². The van der Waals surface area contributed by atoms with Gasteiger partial charge >= 0.3 is 0 Å². The molecule has 0 spiro atoms. The molecule has 4 aliphatic carbocycles. The standard InChI is InChI=1S/C31H50O2/c1-19(2)20(3)18-25(32)21(4)22-12-16-31(9)24-10-11-26-28(5,6)27(33)14-15-29(26,7)23(24)13-17-30(22,31)8/h19,21-22,25-26,32H,3,10-18H2,1-2,4-9H3/t21-,22+,25+,26+,29+,30+,31-/m0/s1. The van der Waals surface area contributed by atoms with Gasteiger partial charge in [0.1, 0.15) is 5.78 Å². The van der Waals surface area contributed by atoms with Gasteiger partial charge in [0.2, 0.25) is 0 Å². The second-order valence-electron chi connectivity index (χ2n) is 13.9. The lowest BCUT2D eigenvalue weighted by molar-refractivity contribution is -0.139. The fourth-order valence-electron chi connectivity index (χ4n) is 9.33. The number of aliphatic hydroxyl groups excluding tert-OH is 1. The van der Waals surface area contributed by atoms with Crippen molar-refractivity contribution in [2.45, 2.75) is 119 Å². The van der Waals surface area contributed by atoms with Crippen molar-refractivity contribution in [2.75, 3.05) is 0 Å². The summed E-state index contributed by atoms with van der Waals surface area (Å²) in [7, 11) is 0. The molecular formula is C31H50O2. The van der Waals surface area contributed by atoms with Crippen LogP contribution in [0.5, 0.6) is 0 Å². The first-order valence-corrected chi connectivity index (χ1v) is 13.8. The van der Waals surface area contributed by atoms with E-state index in [0.29, 0.717) is 29.5 Å². The van der Waals surface area contributed by atoms with Crippen LogP contribution >= 0.6 is 0 Å². The zero-order valence-electron chi connectivity index (χ0n) is 22.8. The number of hydrogen-bond acceptors (Lipinski definition) is 2. The molecule has 0 aromatic carbocycles. The second kappa shape index (κ2) is 8.07. The lowest BCUT2D eigenvalue weighted by Crippen LogP contribution is -2.54. The van der Waals surface area contributed by atoms with Crippen molar-refractivity contribution < 1.29 is 9.90 Å². The summed E-state index contributed by atoms with van der Waals surface area (Å²) < 4.78 is 0. The topological polar surface area (TPSA) is 37.3 Å². The Kier molecular flexibility index (Phi) is 6.17. The van der Waals surface area contributed by atoms with E-state index in [2.05, 4.69) is 62.0 Å². The minimum absolute atomic E-state index is 0.188. The maximum absolute atomic E-state index is 12.8. The van der Waals surface area contributed by atoms with Gasteiger partial charge in [0.05, 0.1) is 6.10 Å². The smallest absolute Gasteiger partial charge is 0.138 e. The third-order valence-electron chi connectivity index (χ3n) is 12.1. The zero-order chi connectivity index (χ0) is 24.6. The van der Waals surface area contributed by atoms with Crippen molar-refractivity contribution in [1.29, 1.82) is 0 Å². The van der Waals surface area contributed by atoms with Gasteiger partial charge in [-0.3, -0.25) is 4.79 Å². The van der Waals surface area contributed by atoms with E-state index >= 15 is 0 Å². The molecule has 0 saturated heterocycles. The average molecular weight is 455 g/mol. The van der Waals surface area contributed by atoms with E-state index in [1.807, 2.05) is 0 Å². The minimum atomic E-state index is -0.294. The van der Waals surface area contributed by atoms with Crippen molar-refractivity contribution in [2.24, 2.45) is 45.3 Å². The summed E-state index contributed by atoms with van der Waals surface area (Å²) in [6.45, 7) is 23.0. The molecule has 4 aliphatic rings. The molecule has 0 amide bonds. The lowest BCUT2D eigenvalue weighted by atomic mass is 9.43. The van der Waals surface area contributed by atoms with Gasteiger partial charge in [-0.2, -0.15) is 0 Å². The molecule has 2 saturated carbocycles. The summed E-state index contributed by atoms with van der Waals surface area (Å²) in [5.74, 6) is 2.25. The van der Waals surface area contributed by atoms with Gasteiger partial charge in [-0.25, -0.2) is 0 Å². The molecule has 33 heavy (non-hydrogen) atoms. The van der Waals surface area contributed by atoms with Crippen LogP contribution in [0.1, 0.15) is 113 Å². The highest BCUT2D eigenvalue weighted by Gasteiger charge is 2.63. The van der Waals surface area contributed by atoms with Crippen LogP contribution in [0.4, 0.5) is 0 Å². The second-order valence-corrected chi connectivity index (χ2v) is 13.9. The summed E-state index contributed by atoms with van der Waals surface area (Å²) in [4.78, 5) is 12.8. The SMILES string of the molecule is C=C(C[C@@H](O)[C@@H](C)[C@H]1CC[C@@]2(C)C3=C(CC[C@]12C)[C@@]1(C)CCC(=O)C(C)(C)[C@H]1CC3)C(C)C. The lowest BCUT2D eigenvalue weighted by Gasteiger charge is -2.61. The maximum Gasteiger partial charge on any atom is 0.138 e. The Morgan fingerprint density at radius 1 is 0.970 bits per heavy atom. The minimum Gasteiger partial charge on any atom is -0.393 e. The van der Waals surface area contributed by atoms with Crippen molar-refractivity contribution in [3.63, 3.8) is 0 Å². The van der Waals surface area contributed by atoms with E-state index in [1.165, 1.54) is 37.7 Å². The average Bonchev–Trinajstić information content (AvgIpc) is 3.02. The molecule has 186 valence electrons. The summed E-state index contributed by atoms with van der Waals surface area (Å²) in [5, 5.41) is 11.2. The highest BCUT2D eigenvalue weighted by atomic mass is 16.3. The predicted octanol–water partition coefficient (Wildman–Crippen LogP) is 7.90. The Morgan fingerprint density at radius 3 is 2.27 bits per heavy atom. The Bertz CT molecular complexity index is 862. The Balaban J connectivity index is 1.65. The van der Waals surface area contributed by atoms with E-state index in [-0.39, 0.29) is 27.8 Å². The van der Waals surface area contributed by atoms with Gasteiger partial charge in [0, 0.05) is 11.8 Å². The number of carbonyl (C=O) groups excluding carboxylic acids is 1. The van der Waals surface area contributed by atoms with Gasteiger partial charge < -0.3 is 5.11 Å². The van der Waals surface area contributed by atoms with Crippen LogP contribution in [0.2, 0.25) is 0 Å². The Morgan fingerprint density at radius 2 is 1.64 bits per heavy atom. The van der Waals surface area contributed by atoms with Crippen LogP contribution in [-0.2, 0) is 4.79 Å². The fourth-order valence-corrected chi connectivity index (χ4v) is 9.33. The van der Waals surface area contributed by atoms with Crippen molar-refractivity contribution in [3.05, 3.63) is 23.3 Å². The molecule has 0 heterocycles. The molecule has 1 N–H and O–H groups in total. The number of aliphatic hydroxyl groups is 1. The number of ketones is 1. The van der Waals surface area contributed by atoms with Crippen LogP contribution in [0.25, 0.3) is 0 Å². The van der Waals surface area contributed by atoms with Crippen LogP contribution in [0.3, 0.4) is 0 Å². The molecule has 0 aliphatic heterocycles. The van der Waals surface area contributed by atoms with Crippen molar-refractivity contribution >= 4 is 5.78 Å². The number of fused-ring (bicyclic) bond motifs is 4. The molecule has 0 aromatic rings. The first-order valence-electron chi connectivity index (χ1n) is 13.8. The summed E-state index contributed by atoms with van der Waals surface area (Å²) in [6.07, 6.45) is 9.46. The number of Topliss-reactive ketones (excluding diaryl/α,β-unsaturated/α-hetero) is 1. The van der Waals surface area contributed by atoms with Gasteiger partial charge in [-0.15, -0.1) is 0 Å². The van der Waals surface area contributed by atoms with E-state index < -0.39 is 0 Å². The molecule has 2 nitrogen and oxygen atoms in total. The predicted molar refractivity (Wildman–Crippen MR) is 138 cm³/mol. The molecular weight excluding hydrogens is 404 g/mol. The highest BCUT2D eigenvalue weighted by molar-refractivity contribution is 5.85. The quantitative estimate of drug-likeness (QED) is 0.429. The van der Waals surface area contributed by atoms with Crippen LogP contribution in [0, 0.1) is 45.3 Å². The third-order valence-corrected chi connectivity index (χ3v) is 12.1. The Labute approximate surface area is 203 Å². The molecule has 4 rings (SSSR count). The highest BCUT2D eigenvalue weighted by Crippen LogP contribution is 2.72. The van der Waals surface area contributed by atoms with Crippen molar-refractivity contribution in [3.8, 4) is 0 Å². The van der Waals surface area contributed by atoms with E-state index in [0.717, 1.165) is 25.7 Å². The number of allylic oxidation sites excluding steroid dienone is 2. The summed E-state index contributed by atoms with van der Waals surface area (Å²) in [5.41, 5.74) is 5.14. The fraction of sp³-hybridized carbons (Fsp3) is 0.839. The molecule has 0 unspecified atom stereocenters. The third kappa shape index (κ3) is 3.47. The number of hydrogen-bond donors (Lipinski definition) is 1. The zero-order valence-corrected chi connectivity index (χ0v) is 22.8. The maximum atomic E-state index is 12.8. The number of carbonyl (C=O) groups is 1. The van der Waals surface area contributed by atoms with Gasteiger partial charge in [-0.1, -0.05) is 78.7 Å². The van der Waals surface area contributed by atoms with E-state index in [1.54, 1.807) is 11.1 Å². The normalized spacial score (nSPS) is 41.9. The van der Waals surface area contributed by atoms with Gasteiger partial charge in [0.25, 0.3) is 0 Å². The molecule has 2 fully saturated rings. The van der Waals surface area contributed by atoms with Crippen LogP contribution in [0.15, 0.2) is 23.3 Å². The van der Waals surface area contributed by atoms with Gasteiger partial charge in [-0.05, 0) is 91.3 Å². The molecule has 0 bridgehead atoms. The number of rotatable bonds is 5. The van der Waals surface area contributed by atoms with Crippen molar-refractivity contribution in [1.82, 2.24) is 0 Å². The molecule has 2 heteroatoms. The monoisotopic (exact) mass is 454 g/mol. The summed E-state index contributed by atoms with van der Waals surface area (Å²) >= 11 is 0. The van der Waals surface area contributed by atoms with Crippen LogP contribution < -0.4 is 0 Å². The van der Waals surface area contributed by atoms with Gasteiger partial charge in [0.15, 0.2) is 0 Å². The molecule has 0 radical (unpaired) electrons.